The number of H-pyrrole nitrogens is 1. The Morgan fingerprint density at radius 2 is 1.69 bits per heavy atom. The maximum Gasteiger partial charge on any atom is 0.279 e. The molecule has 1 heterocycles. The van der Waals surface area contributed by atoms with Crippen molar-refractivity contribution in [1.29, 1.82) is 0 Å². The van der Waals surface area contributed by atoms with Gasteiger partial charge in [-0.25, -0.2) is 4.99 Å². The van der Waals surface area contributed by atoms with E-state index in [-0.39, 0.29) is 11.4 Å². The normalized spacial score (nSPS) is 12.5. The van der Waals surface area contributed by atoms with Gasteiger partial charge >= 0.3 is 0 Å². The first-order valence-electron chi connectivity index (χ1n) is 10.9. The second-order valence-corrected chi connectivity index (χ2v) is 9.32. The van der Waals surface area contributed by atoms with E-state index in [0.29, 0.717) is 10.9 Å². The number of para-hydroxylation sites is 2. The van der Waals surface area contributed by atoms with Crippen LogP contribution in [-0.4, -0.2) is 30.5 Å². The average molecular weight is 427 g/mol. The van der Waals surface area contributed by atoms with Gasteiger partial charge in [-0.3, -0.25) is 4.79 Å². The molecule has 1 amide bonds. The summed E-state index contributed by atoms with van der Waals surface area (Å²) >= 11 is 0. The van der Waals surface area contributed by atoms with Gasteiger partial charge in [-0.2, -0.15) is 0 Å². The third kappa shape index (κ3) is 4.58. The quantitative estimate of drug-likeness (QED) is 0.482. The molecule has 0 fully saturated rings. The van der Waals surface area contributed by atoms with Gasteiger partial charge in [0.05, 0.1) is 16.4 Å². The lowest BCUT2D eigenvalue weighted by Gasteiger charge is -2.20. The molecule has 0 bridgehead atoms. The molecule has 0 radical (unpaired) electrons. The van der Waals surface area contributed by atoms with Gasteiger partial charge in [-0.05, 0) is 50.6 Å². The van der Waals surface area contributed by atoms with E-state index < -0.39 is 0 Å². The molecule has 0 saturated carbocycles. The number of rotatable bonds is 4. The van der Waals surface area contributed by atoms with Crippen LogP contribution in [0.1, 0.15) is 36.7 Å². The number of carbonyl (C=O) groups excluding carboxylic acids is 1. The Bertz CT molecular complexity index is 1360. The molecule has 0 aliphatic rings. The Morgan fingerprint density at radius 3 is 2.44 bits per heavy atom. The lowest BCUT2D eigenvalue weighted by atomic mass is 10.1. The van der Waals surface area contributed by atoms with Crippen molar-refractivity contribution in [1.82, 2.24) is 10.3 Å². The molecular formula is C27H30N4O. The number of aromatic nitrogens is 1. The number of hydrogen-bond acceptors (Lipinski definition) is 3. The number of aromatic amines is 1. The Morgan fingerprint density at radius 1 is 0.969 bits per heavy atom. The standard InChI is InChI=1S/C27H30N4O/c1-27(2,3)28-17-18-10-8-14-21-20-13-9-11-19(16-23(20)30-25(18)21)29-26(32)22-12-6-7-15-24(22)31(4)5/h6-16,28,30H,17H2,1-5H3. The summed E-state index contributed by atoms with van der Waals surface area (Å²) in [5.41, 5.74) is 4.77. The molecule has 0 aliphatic carbocycles. The van der Waals surface area contributed by atoms with Gasteiger partial charge in [0.1, 0.15) is 0 Å². The van der Waals surface area contributed by atoms with E-state index in [1.165, 1.54) is 10.9 Å². The highest BCUT2D eigenvalue weighted by molar-refractivity contribution is 6.08. The number of fused-ring (bicyclic) bond motifs is 3. The number of nitrogens with one attached hydrogen (secondary N) is 2. The Kier molecular flexibility index (Phi) is 5.85. The fourth-order valence-electron chi connectivity index (χ4n) is 3.85. The highest BCUT2D eigenvalue weighted by atomic mass is 16.1. The molecule has 0 atom stereocenters. The first-order chi connectivity index (χ1) is 15.2. The molecule has 5 nitrogen and oxygen atoms in total. The predicted molar refractivity (Wildman–Crippen MR) is 133 cm³/mol. The fourth-order valence-corrected chi connectivity index (χ4v) is 3.85. The molecule has 2 N–H and O–H groups in total. The molecule has 3 aromatic carbocycles. The van der Waals surface area contributed by atoms with Crippen molar-refractivity contribution in [3.63, 3.8) is 0 Å². The molecule has 32 heavy (non-hydrogen) atoms. The van der Waals surface area contributed by atoms with E-state index >= 15 is 0 Å². The summed E-state index contributed by atoms with van der Waals surface area (Å²) in [6.45, 7) is 7.27. The van der Waals surface area contributed by atoms with Crippen LogP contribution in [0.25, 0.3) is 21.8 Å². The first-order valence-corrected chi connectivity index (χ1v) is 10.9. The van der Waals surface area contributed by atoms with Crippen LogP contribution in [0, 0.1) is 0 Å². The Hall–Kier alpha value is -3.44. The van der Waals surface area contributed by atoms with Crippen LogP contribution in [0.3, 0.4) is 0 Å². The maximum absolute atomic E-state index is 13.0. The van der Waals surface area contributed by atoms with Gasteiger partial charge in [0.2, 0.25) is 0 Å². The number of anilines is 1. The van der Waals surface area contributed by atoms with Crippen LogP contribution in [0.4, 0.5) is 5.69 Å². The zero-order valence-corrected chi connectivity index (χ0v) is 19.4. The first kappa shape index (κ1) is 21.8. The zero-order chi connectivity index (χ0) is 22.9. The summed E-state index contributed by atoms with van der Waals surface area (Å²) in [6, 6.07) is 21.8. The summed E-state index contributed by atoms with van der Waals surface area (Å²) in [7, 11) is 3.85. The second kappa shape index (κ2) is 8.60. The molecule has 164 valence electrons. The topological polar surface area (TPSA) is 60.5 Å². The largest absolute Gasteiger partial charge is 0.377 e. The van der Waals surface area contributed by atoms with Crippen molar-refractivity contribution in [2.45, 2.75) is 32.9 Å². The summed E-state index contributed by atoms with van der Waals surface area (Å²) < 4.78 is 0. The zero-order valence-electron chi connectivity index (χ0n) is 19.4. The number of benzene rings is 2. The average Bonchev–Trinajstić information content (AvgIpc) is 2.96. The number of carbonyl (C=O) groups is 1. The van der Waals surface area contributed by atoms with Crippen molar-refractivity contribution in [2.75, 3.05) is 19.0 Å². The number of hydrogen-bond donors (Lipinski definition) is 2. The molecule has 0 saturated heterocycles. The van der Waals surface area contributed by atoms with Crippen LogP contribution in [-0.2, 0) is 6.54 Å². The van der Waals surface area contributed by atoms with E-state index in [1.54, 1.807) is 0 Å². The minimum atomic E-state index is -0.250. The molecule has 0 aliphatic heterocycles. The smallest absolute Gasteiger partial charge is 0.279 e. The summed E-state index contributed by atoms with van der Waals surface area (Å²) in [4.78, 5) is 22.9. The summed E-state index contributed by atoms with van der Waals surface area (Å²) in [5.74, 6) is -0.250. The maximum atomic E-state index is 13.0. The van der Waals surface area contributed by atoms with Gasteiger partial charge in [-0.1, -0.05) is 42.5 Å². The highest BCUT2D eigenvalue weighted by Crippen LogP contribution is 2.27. The lowest BCUT2D eigenvalue weighted by Crippen LogP contribution is -2.35. The van der Waals surface area contributed by atoms with Crippen molar-refractivity contribution >= 4 is 33.4 Å². The Labute approximate surface area is 188 Å². The highest BCUT2D eigenvalue weighted by Gasteiger charge is 2.13. The molecule has 5 heteroatoms. The third-order valence-electron chi connectivity index (χ3n) is 5.47. The molecule has 4 aromatic rings. The fraction of sp³-hybridized carbons (Fsp3) is 0.259. The monoisotopic (exact) mass is 426 g/mol. The van der Waals surface area contributed by atoms with Crippen molar-refractivity contribution in [3.05, 3.63) is 83.2 Å². The van der Waals surface area contributed by atoms with E-state index in [2.05, 4.69) is 60.3 Å². The van der Waals surface area contributed by atoms with Crippen LogP contribution in [0.5, 0.6) is 0 Å². The van der Waals surface area contributed by atoms with E-state index in [0.717, 1.165) is 28.7 Å². The second-order valence-electron chi connectivity index (χ2n) is 9.32. The third-order valence-corrected chi connectivity index (χ3v) is 5.47. The van der Waals surface area contributed by atoms with E-state index in [1.807, 2.05) is 61.5 Å². The Balaban J connectivity index is 1.80. The molecule has 0 spiro atoms. The molecule has 1 aromatic heterocycles. The van der Waals surface area contributed by atoms with Gasteiger partial charge < -0.3 is 15.2 Å². The van der Waals surface area contributed by atoms with Gasteiger partial charge in [0, 0.05) is 48.2 Å². The lowest BCUT2D eigenvalue weighted by molar-refractivity contribution is 0.0999. The van der Waals surface area contributed by atoms with Crippen LogP contribution in [0.15, 0.2) is 71.7 Å². The molecule has 0 unspecified atom stereocenters. The van der Waals surface area contributed by atoms with Crippen molar-refractivity contribution in [2.24, 2.45) is 4.99 Å². The van der Waals surface area contributed by atoms with Crippen LogP contribution in [0.2, 0.25) is 0 Å². The summed E-state index contributed by atoms with van der Waals surface area (Å²) in [6.07, 6.45) is 0. The van der Waals surface area contributed by atoms with E-state index in [9.17, 15) is 4.79 Å². The SMILES string of the molecule is CN(C)c1ccccc1C(=O)N=c1cccc2c(c1)[nH]c1c(CNC(C)(C)C)cccc12. The van der Waals surface area contributed by atoms with Gasteiger partial charge in [-0.15, -0.1) is 0 Å². The minimum absolute atomic E-state index is 0.0376. The van der Waals surface area contributed by atoms with Gasteiger partial charge in [0.15, 0.2) is 0 Å². The summed E-state index contributed by atoms with van der Waals surface area (Å²) in [5, 5.41) is 6.47. The van der Waals surface area contributed by atoms with Crippen LogP contribution < -0.4 is 15.6 Å². The predicted octanol–water partition coefficient (Wildman–Crippen LogP) is 5.02. The number of amides is 1. The molecular weight excluding hydrogens is 396 g/mol. The van der Waals surface area contributed by atoms with Gasteiger partial charge in [0.25, 0.3) is 5.91 Å². The molecule has 4 rings (SSSR count). The van der Waals surface area contributed by atoms with Crippen LogP contribution >= 0.6 is 0 Å². The van der Waals surface area contributed by atoms with Crippen molar-refractivity contribution < 1.29 is 4.79 Å². The number of nitrogens with zero attached hydrogens (tertiary/aromatic N) is 2. The minimum Gasteiger partial charge on any atom is -0.377 e. The van der Waals surface area contributed by atoms with Crippen molar-refractivity contribution in [3.8, 4) is 0 Å². The van der Waals surface area contributed by atoms with E-state index in [4.69, 9.17) is 0 Å².